The molecular weight excluding hydrogens is 518 g/mol. The van der Waals surface area contributed by atoms with Crippen molar-refractivity contribution in [3.8, 4) is 34.1 Å². The van der Waals surface area contributed by atoms with E-state index in [-0.39, 0.29) is 17.0 Å². The van der Waals surface area contributed by atoms with Gasteiger partial charge in [-0.3, -0.25) is 19.9 Å². The summed E-state index contributed by atoms with van der Waals surface area (Å²) >= 11 is 1.20. The van der Waals surface area contributed by atoms with Crippen molar-refractivity contribution in [1.29, 1.82) is 0 Å². The van der Waals surface area contributed by atoms with Gasteiger partial charge in [0.2, 0.25) is 4.96 Å². The third-order valence-electron chi connectivity index (χ3n) is 5.90. The Morgan fingerprint density at radius 2 is 1.85 bits per heavy atom. The first-order chi connectivity index (χ1) is 19.0. The van der Waals surface area contributed by atoms with Crippen LogP contribution in [0.4, 0.5) is 5.69 Å². The lowest BCUT2D eigenvalue weighted by molar-refractivity contribution is -0.385. The Morgan fingerprint density at radius 3 is 2.56 bits per heavy atom. The van der Waals surface area contributed by atoms with Gasteiger partial charge in [0.1, 0.15) is 5.69 Å². The zero-order chi connectivity index (χ0) is 26.9. The highest BCUT2D eigenvalue weighted by molar-refractivity contribution is 7.15. The molecule has 0 radical (unpaired) electrons. The molecule has 0 unspecified atom stereocenters. The van der Waals surface area contributed by atoms with Crippen LogP contribution in [0.5, 0.6) is 5.75 Å². The van der Waals surface area contributed by atoms with E-state index in [4.69, 9.17) is 9.84 Å². The molecule has 12 heteroatoms. The first-order valence-corrected chi connectivity index (χ1v) is 12.7. The minimum Gasteiger partial charge on any atom is -0.487 e. The fraction of sp³-hybridized carbons (Fsp3) is 0.0741. The number of pyridine rings is 1. The molecule has 4 heterocycles. The molecule has 0 bridgehead atoms. The molecule has 192 valence electrons. The summed E-state index contributed by atoms with van der Waals surface area (Å²) in [6, 6.07) is 17.7. The summed E-state index contributed by atoms with van der Waals surface area (Å²) in [5.74, 6) is 0.614. The number of fused-ring (bicyclic) bond motifs is 1. The van der Waals surface area contributed by atoms with Crippen molar-refractivity contribution in [3.63, 3.8) is 0 Å². The minimum absolute atomic E-state index is 0.165. The van der Waals surface area contributed by atoms with E-state index >= 15 is 0 Å². The molecule has 6 aromatic rings. The van der Waals surface area contributed by atoms with Crippen LogP contribution in [-0.4, -0.2) is 40.9 Å². The van der Waals surface area contributed by atoms with Crippen LogP contribution >= 0.6 is 11.3 Å². The average molecular weight is 538 g/mol. The monoisotopic (exact) mass is 537 g/mol. The van der Waals surface area contributed by atoms with Crippen molar-refractivity contribution in [2.24, 2.45) is 0 Å². The van der Waals surface area contributed by atoms with Crippen LogP contribution in [0.25, 0.3) is 39.4 Å². The lowest BCUT2D eigenvalue weighted by atomic mass is 10.1. The molecule has 11 nitrogen and oxygen atoms in total. The zero-order valence-corrected chi connectivity index (χ0v) is 21.3. The lowest BCUT2D eigenvalue weighted by Gasteiger charge is -2.06. The Bertz CT molecular complexity index is 1930. The molecule has 0 amide bonds. The molecule has 0 fully saturated rings. The first kappa shape index (κ1) is 24.1. The van der Waals surface area contributed by atoms with Crippen LogP contribution < -0.4 is 14.8 Å². The molecule has 2 aromatic carbocycles. The summed E-state index contributed by atoms with van der Waals surface area (Å²) in [4.78, 5) is 33.5. The molecule has 6 rings (SSSR count). The van der Waals surface area contributed by atoms with E-state index in [9.17, 15) is 14.9 Å². The van der Waals surface area contributed by atoms with E-state index < -0.39 is 4.92 Å². The number of rotatable bonds is 7. The van der Waals surface area contributed by atoms with E-state index in [0.717, 1.165) is 11.3 Å². The molecule has 0 spiro atoms. The number of aromatic nitrogens is 6. The van der Waals surface area contributed by atoms with Crippen molar-refractivity contribution in [1.82, 2.24) is 29.4 Å². The molecular formula is C27H19N7O4S. The quantitative estimate of drug-likeness (QED) is 0.221. The molecule has 0 aliphatic heterocycles. The second-order valence-electron chi connectivity index (χ2n) is 8.37. The van der Waals surface area contributed by atoms with Crippen molar-refractivity contribution < 1.29 is 9.66 Å². The van der Waals surface area contributed by atoms with Crippen molar-refractivity contribution in [2.45, 2.75) is 6.92 Å². The molecule has 0 atom stereocenters. The van der Waals surface area contributed by atoms with Gasteiger partial charge in [0.15, 0.2) is 11.6 Å². The summed E-state index contributed by atoms with van der Waals surface area (Å²) < 4.78 is 8.79. The van der Waals surface area contributed by atoms with Crippen LogP contribution in [0.1, 0.15) is 12.5 Å². The fourth-order valence-electron chi connectivity index (χ4n) is 4.11. The highest BCUT2D eigenvalue weighted by Crippen LogP contribution is 2.34. The number of nitrogens with zero attached hydrogens (tertiary/aromatic N) is 7. The number of nitro benzene ring substituents is 1. The fourth-order valence-corrected chi connectivity index (χ4v) is 5.01. The van der Waals surface area contributed by atoms with Gasteiger partial charge < -0.3 is 4.74 Å². The minimum atomic E-state index is -0.484. The van der Waals surface area contributed by atoms with Crippen LogP contribution in [0.2, 0.25) is 0 Å². The number of hydrogen-bond acceptors (Lipinski definition) is 9. The standard InChI is InChI=1S/C27H19N7O4S/c1-2-38-22-9-8-18(14-21(22)34(36)37)24-19(16-32(30-24)20-6-4-3-5-7-20)15-23-26(35)33-27(39-23)29-25(31-33)17-10-12-28-13-11-17/h3-16H,2H2,1H3/b23-15-. The number of benzene rings is 2. The van der Waals surface area contributed by atoms with E-state index in [0.29, 0.717) is 38.7 Å². The van der Waals surface area contributed by atoms with Gasteiger partial charge in [-0.25, -0.2) is 4.68 Å². The molecule has 0 aliphatic carbocycles. The molecule has 39 heavy (non-hydrogen) atoms. The molecule has 0 N–H and O–H groups in total. The highest BCUT2D eigenvalue weighted by Gasteiger charge is 2.20. The van der Waals surface area contributed by atoms with Gasteiger partial charge in [0.05, 0.1) is 21.7 Å². The maximum absolute atomic E-state index is 13.3. The van der Waals surface area contributed by atoms with E-state index in [1.54, 1.807) is 60.5 Å². The highest BCUT2D eigenvalue weighted by atomic mass is 32.1. The first-order valence-electron chi connectivity index (χ1n) is 11.9. The molecule has 0 saturated carbocycles. The van der Waals surface area contributed by atoms with Crippen molar-refractivity contribution in [2.75, 3.05) is 6.61 Å². The molecule has 0 saturated heterocycles. The average Bonchev–Trinajstić information content (AvgIpc) is 3.65. The number of ether oxygens (including phenoxy) is 1. The summed E-state index contributed by atoms with van der Waals surface area (Å²) in [7, 11) is 0. The normalized spacial score (nSPS) is 11.8. The third-order valence-corrected chi connectivity index (χ3v) is 6.86. The van der Waals surface area contributed by atoms with E-state index in [1.807, 2.05) is 30.3 Å². The smallest absolute Gasteiger partial charge is 0.311 e. The Balaban J connectivity index is 1.50. The third kappa shape index (κ3) is 4.53. The number of hydrogen-bond donors (Lipinski definition) is 0. The predicted molar refractivity (Wildman–Crippen MR) is 146 cm³/mol. The van der Waals surface area contributed by atoms with Gasteiger partial charge in [-0.15, -0.1) is 5.10 Å². The number of nitro groups is 1. The van der Waals surface area contributed by atoms with Gasteiger partial charge in [-0.05, 0) is 49.4 Å². The SMILES string of the molecule is CCOc1ccc(-c2nn(-c3ccccc3)cc2/C=c2\sc3nc(-c4ccncc4)nn3c2=O)cc1[N+](=O)[O-]. The second-order valence-corrected chi connectivity index (χ2v) is 9.38. The van der Waals surface area contributed by atoms with Crippen LogP contribution in [0.3, 0.4) is 0 Å². The second kappa shape index (κ2) is 9.91. The summed E-state index contributed by atoms with van der Waals surface area (Å²) in [6.07, 6.45) is 6.77. The number of para-hydroxylation sites is 1. The largest absolute Gasteiger partial charge is 0.487 e. The Kier molecular flexibility index (Phi) is 6.13. The van der Waals surface area contributed by atoms with Gasteiger partial charge in [-0.2, -0.15) is 14.6 Å². The Labute approximate surface area is 224 Å². The molecule has 4 aromatic heterocycles. The number of thiazole rings is 1. The zero-order valence-electron chi connectivity index (χ0n) is 20.5. The van der Waals surface area contributed by atoms with Crippen LogP contribution in [-0.2, 0) is 0 Å². The van der Waals surface area contributed by atoms with Crippen LogP contribution in [0, 0.1) is 10.1 Å². The summed E-state index contributed by atoms with van der Waals surface area (Å²) in [6.45, 7) is 2.06. The summed E-state index contributed by atoms with van der Waals surface area (Å²) in [5, 5.41) is 20.9. The lowest BCUT2D eigenvalue weighted by Crippen LogP contribution is -2.23. The maximum Gasteiger partial charge on any atom is 0.311 e. The van der Waals surface area contributed by atoms with Gasteiger partial charge in [0.25, 0.3) is 5.56 Å². The molecule has 0 aliphatic rings. The van der Waals surface area contributed by atoms with E-state index in [1.165, 1.54) is 21.9 Å². The predicted octanol–water partition coefficient (Wildman–Crippen LogP) is 3.92. The summed E-state index contributed by atoms with van der Waals surface area (Å²) in [5.41, 5.74) is 2.66. The Hall–Kier alpha value is -5.23. The topological polar surface area (TPSA) is 130 Å². The Morgan fingerprint density at radius 1 is 1.05 bits per heavy atom. The van der Waals surface area contributed by atoms with Gasteiger partial charge in [0, 0.05) is 41.3 Å². The van der Waals surface area contributed by atoms with Gasteiger partial charge in [-0.1, -0.05) is 29.5 Å². The van der Waals surface area contributed by atoms with Crippen LogP contribution in [0.15, 0.2) is 84.0 Å². The van der Waals surface area contributed by atoms with Crippen molar-refractivity contribution >= 4 is 28.1 Å². The van der Waals surface area contributed by atoms with E-state index in [2.05, 4.69) is 15.1 Å². The van der Waals surface area contributed by atoms with Crippen molar-refractivity contribution in [3.05, 3.63) is 110 Å². The maximum atomic E-state index is 13.3. The van der Waals surface area contributed by atoms with Gasteiger partial charge >= 0.3 is 5.69 Å².